The van der Waals surface area contributed by atoms with Crippen molar-refractivity contribution < 1.29 is 24.5 Å². The quantitative estimate of drug-likeness (QED) is 0.698. The number of hydrogen-bond acceptors (Lipinski definition) is 4. The lowest BCUT2D eigenvalue weighted by molar-refractivity contribution is -0.173. The molecular formula is C19H26ClNO5. The highest BCUT2D eigenvalue weighted by Crippen LogP contribution is 2.57. The molecule has 1 aliphatic heterocycles. The Morgan fingerprint density at radius 3 is 2.35 bits per heavy atom. The molecule has 1 saturated heterocycles. The molecule has 0 aliphatic carbocycles. The number of carbonyl (C=O) groups is 2. The Balaban J connectivity index is 2.85. The highest BCUT2D eigenvalue weighted by atomic mass is 35.5. The zero-order valence-electron chi connectivity index (χ0n) is 15.5. The molecule has 0 bridgehead atoms. The van der Waals surface area contributed by atoms with Crippen LogP contribution in [0, 0.1) is 10.8 Å². The van der Waals surface area contributed by atoms with Crippen molar-refractivity contribution in [1.82, 2.24) is 5.32 Å². The maximum Gasteiger partial charge on any atom is 0.311 e. The predicted octanol–water partition coefficient (Wildman–Crippen LogP) is 3.00. The number of aliphatic carboxylic acids is 2. The van der Waals surface area contributed by atoms with Gasteiger partial charge in [-0.3, -0.25) is 9.59 Å². The standard InChI is InChI=1S/C19H26ClNO5/c1-5-19(17(24)25)14(10-26-4)21-11(2)18(3,16(22)23)15(19)12-8-6-7-9-13(12)20/h6-9,11,14-15,21H,5,10H2,1-4H3,(H,22,23)(H,24,25). The Labute approximate surface area is 158 Å². The summed E-state index contributed by atoms with van der Waals surface area (Å²) in [5, 5.41) is 24.0. The van der Waals surface area contributed by atoms with Crippen LogP contribution in [0.25, 0.3) is 0 Å². The summed E-state index contributed by atoms with van der Waals surface area (Å²) in [6.45, 7) is 5.28. The zero-order valence-corrected chi connectivity index (χ0v) is 16.2. The molecule has 0 spiro atoms. The highest BCUT2D eigenvalue weighted by Gasteiger charge is 2.65. The number of ether oxygens (including phenoxy) is 1. The van der Waals surface area contributed by atoms with Crippen LogP contribution in [0.2, 0.25) is 5.02 Å². The molecule has 26 heavy (non-hydrogen) atoms. The van der Waals surface area contributed by atoms with E-state index in [9.17, 15) is 19.8 Å². The van der Waals surface area contributed by atoms with E-state index in [1.165, 1.54) is 7.11 Å². The molecule has 0 saturated carbocycles. The normalized spacial score (nSPS) is 34.4. The van der Waals surface area contributed by atoms with Gasteiger partial charge in [0.15, 0.2) is 0 Å². The first-order valence-electron chi connectivity index (χ1n) is 8.64. The smallest absolute Gasteiger partial charge is 0.311 e. The molecule has 2 rings (SSSR count). The minimum Gasteiger partial charge on any atom is -0.481 e. The fourth-order valence-electron chi connectivity index (χ4n) is 4.47. The van der Waals surface area contributed by atoms with Crippen LogP contribution in [0.3, 0.4) is 0 Å². The molecule has 0 radical (unpaired) electrons. The minimum atomic E-state index is -1.39. The van der Waals surface area contributed by atoms with Crippen molar-refractivity contribution in [3.63, 3.8) is 0 Å². The lowest BCUT2D eigenvalue weighted by Gasteiger charge is -2.56. The van der Waals surface area contributed by atoms with Crippen molar-refractivity contribution >= 4 is 23.5 Å². The number of piperidine rings is 1. The SMILES string of the molecule is CCC1(C(=O)O)C(COC)NC(C)C(C)(C(=O)O)C1c1ccccc1Cl. The number of halogens is 1. The Kier molecular flexibility index (Phi) is 6.00. The van der Waals surface area contributed by atoms with Gasteiger partial charge in [-0.1, -0.05) is 36.7 Å². The largest absolute Gasteiger partial charge is 0.481 e. The average molecular weight is 384 g/mol. The van der Waals surface area contributed by atoms with Crippen LogP contribution in [0.5, 0.6) is 0 Å². The van der Waals surface area contributed by atoms with Gasteiger partial charge in [0, 0.05) is 30.1 Å². The molecule has 1 heterocycles. The van der Waals surface area contributed by atoms with Gasteiger partial charge in [-0.2, -0.15) is 0 Å². The van der Waals surface area contributed by atoms with E-state index >= 15 is 0 Å². The van der Waals surface area contributed by atoms with Crippen LogP contribution in [0.1, 0.15) is 38.7 Å². The number of nitrogens with one attached hydrogen (secondary N) is 1. The summed E-state index contributed by atoms with van der Waals surface area (Å²) in [5.74, 6) is -2.95. The molecule has 1 aliphatic rings. The summed E-state index contributed by atoms with van der Waals surface area (Å²) >= 11 is 6.41. The number of benzene rings is 1. The van der Waals surface area contributed by atoms with E-state index in [1.54, 1.807) is 45.0 Å². The van der Waals surface area contributed by atoms with Crippen LogP contribution < -0.4 is 5.32 Å². The first-order valence-corrected chi connectivity index (χ1v) is 9.01. The van der Waals surface area contributed by atoms with E-state index in [1.807, 2.05) is 0 Å². The highest BCUT2D eigenvalue weighted by molar-refractivity contribution is 6.31. The average Bonchev–Trinajstić information content (AvgIpc) is 2.58. The molecule has 0 aromatic heterocycles. The Morgan fingerprint density at radius 2 is 1.88 bits per heavy atom. The Bertz CT molecular complexity index is 696. The second-order valence-electron chi connectivity index (χ2n) is 7.14. The van der Waals surface area contributed by atoms with Crippen LogP contribution in [-0.4, -0.2) is 48.0 Å². The van der Waals surface area contributed by atoms with E-state index in [0.717, 1.165) is 0 Å². The third-order valence-corrected chi connectivity index (χ3v) is 6.43. The van der Waals surface area contributed by atoms with Crippen molar-refractivity contribution in [2.75, 3.05) is 13.7 Å². The van der Waals surface area contributed by atoms with Gasteiger partial charge in [-0.25, -0.2) is 0 Å². The van der Waals surface area contributed by atoms with Crippen molar-refractivity contribution in [3.8, 4) is 0 Å². The fourth-order valence-corrected chi connectivity index (χ4v) is 4.71. The lowest BCUT2D eigenvalue weighted by atomic mass is 9.51. The van der Waals surface area contributed by atoms with Crippen molar-refractivity contribution in [1.29, 1.82) is 0 Å². The molecular weight excluding hydrogens is 358 g/mol. The zero-order chi connectivity index (χ0) is 19.7. The lowest BCUT2D eigenvalue weighted by Crippen LogP contribution is -2.70. The number of carboxylic acids is 2. The number of hydrogen-bond donors (Lipinski definition) is 3. The van der Waals surface area contributed by atoms with E-state index in [-0.39, 0.29) is 13.0 Å². The van der Waals surface area contributed by atoms with Crippen LogP contribution in [-0.2, 0) is 14.3 Å². The number of methoxy groups -OCH3 is 1. The van der Waals surface area contributed by atoms with Crippen molar-refractivity contribution in [3.05, 3.63) is 34.9 Å². The number of rotatable bonds is 6. The third-order valence-electron chi connectivity index (χ3n) is 6.08. The predicted molar refractivity (Wildman–Crippen MR) is 98.6 cm³/mol. The Hall–Kier alpha value is -1.63. The van der Waals surface area contributed by atoms with Gasteiger partial charge in [0.1, 0.15) is 0 Å². The fraction of sp³-hybridized carbons (Fsp3) is 0.579. The summed E-state index contributed by atoms with van der Waals surface area (Å²) in [6, 6.07) is 5.85. The van der Waals surface area contributed by atoms with Gasteiger partial charge in [0.05, 0.1) is 17.4 Å². The second kappa shape index (κ2) is 7.55. The van der Waals surface area contributed by atoms with Gasteiger partial charge in [-0.15, -0.1) is 0 Å². The van der Waals surface area contributed by atoms with Gasteiger partial charge < -0.3 is 20.3 Å². The maximum absolute atomic E-state index is 12.6. The van der Waals surface area contributed by atoms with Gasteiger partial charge in [0.25, 0.3) is 0 Å². The summed E-state index contributed by atoms with van der Waals surface area (Å²) in [6.07, 6.45) is 0.231. The molecule has 5 atom stereocenters. The van der Waals surface area contributed by atoms with Crippen LogP contribution in [0.4, 0.5) is 0 Å². The summed E-state index contributed by atoms with van der Waals surface area (Å²) < 4.78 is 5.27. The van der Waals surface area contributed by atoms with Gasteiger partial charge in [-0.05, 0) is 31.9 Å². The molecule has 144 valence electrons. The molecule has 7 heteroatoms. The van der Waals surface area contributed by atoms with Crippen LogP contribution >= 0.6 is 11.6 Å². The maximum atomic E-state index is 12.6. The Morgan fingerprint density at radius 1 is 1.27 bits per heavy atom. The van der Waals surface area contributed by atoms with E-state index in [0.29, 0.717) is 10.6 Å². The number of carboxylic acid groups (broad SMARTS) is 2. The molecule has 1 fully saturated rings. The van der Waals surface area contributed by atoms with E-state index in [2.05, 4.69) is 5.32 Å². The van der Waals surface area contributed by atoms with Crippen molar-refractivity contribution in [2.45, 2.75) is 45.2 Å². The molecule has 1 aromatic rings. The second-order valence-corrected chi connectivity index (χ2v) is 7.54. The van der Waals surface area contributed by atoms with Gasteiger partial charge in [0.2, 0.25) is 0 Å². The third kappa shape index (κ3) is 2.90. The van der Waals surface area contributed by atoms with Gasteiger partial charge >= 0.3 is 11.9 Å². The van der Waals surface area contributed by atoms with E-state index in [4.69, 9.17) is 16.3 Å². The summed E-state index contributed by atoms with van der Waals surface area (Å²) in [7, 11) is 1.50. The molecule has 6 nitrogen and oxygen atoms in total. The molecule has 0 amide bonds. The topological polar surface area (TPSA) is 95.9 Å². The minimum absolute atomic E-state index is 0.154. The summed E-state index contributed by atoms with van der Waals surface area (Å²) in [4.78, 5) is 24.9. The summed E-state index contributed by atoms with van der Waals surface area (Å²) in [5.41, 5.74) is -2.22. The van der Waals surface area contributed by atoms with Crippen LogP contribution in [0.15, 0.2) is 24.3 Å². The monoisotopic (exact) mass is 383 g/mol. The first kappa shape index (κ1) is 20.7. The first-order chi connectivity index (χ1) is 12.2. The van der Waals surface area contributed by atoms with E-state index < -0.39 is 40.8 Å². The molecule has 3 N–H and O–H groups in total. The molecule has 1 aromatic carbocycles. The van der Waals surface area contributed by atoms with Crippen molar-refractivity contribution in [2.24, 2.45) is 10.8 Å². The molecule has 5 unspecified atom stereocenters.